The van der Waals surface area contributed by atoms with E-state index in [1.807, 2.05) is 23.5 Å². The zero-order valence-electron chi connectivity index (χ0n) is 22.7. The fourth-order valence-corrected chi connectivity index (χ4v) is 8.26. The van der Waals surface area contributed by atoms with Crippen molar-refractivity contribution >= 4 is 54.9 Å². The predicted molar refractivity (Wildman–Crippen MR) is 173 cm³/mol. The first-order chi connectivity index (χ1) is 20.3. The molecule has 196 valence electrons. The smallest absolute Gasteiger partial charge is 0.0995 e. The molecule has 6 aromatic rings. The summed E-state index contributed by atoms with van der Waals surface area (Å²) in [5.41, 5.74) is 9.64. The molecule has 2 aliphatic rings. The van der Waals surface area contributed by atoms with Gasteiger partial charge in [-0.2, -0.15) is 5.26 Å². The van der Waals surface area contributed by atoms with Crippen LogP contribution in [-0.2, 0) is 13.0 Å². The number of nitriles is 1. The molecule has 2 heterocycles. The number of aromatic nitrogens is 1. The van der Waals surface area contributed by atoms with Gasteiger partial charge in [-0.1, -0.05) is 91.0 Å². The van der Waals surface area contributed by atoms with Crippen molar-refractivity contribution in [1.29, 1.82) is 5.26 Å². The van der Waals surface area contributed by atoms with Crippen LogP contribution in [0.1, 0.15) is 51.5 Å². The Hall–Kier alpha value is -4.65. The fourth-order valence-electron chi connectivity index (χ4n) is 6.90. The first-order valence-electron chi connectivity index (χ1n) is 14.4. The number of hydrogen-bond acceptors (Lipinski definition) is 2. The summed E-state index contributed by atoms with van der Waals surface area (Å²) < 4.78 is 3.81. The molecule has 3 heteroatoms. The first-order valence-corrected chi connectivity index (χ1v) is 15.2. The second-order valence-corrected chi connectivity index (χ2v) is 12.1. The molecule has 8 rings (SSSR count). The van der Waals surface area contributed by atoms with Gasteiger partial charge in [0.25, 0.3) is 0 Å². The number of aryl methyl sites for hydroxylation is 1. The van der Waals surface area contributed by atoms with Crippen molar-refractivity contribution in [3.05, 3.63) is 142 Å². The Kier molecular flexibility index (Phi) is 5.76. The maximum atomic E-state index is 10.2. The van der Waals surface area contributed by atoms with E-state index in [1.165, 1.54) is 59.0 Å². The summed E-state index contributed by atoms with van der Waals surface area (Å²) in [5, 5.41) is 14.2. The van der Waals surface area contributed by atoms with E-state index >= 15 is 0 Å². The zero-order chi connectivity index (χ0) is 27.3. The van der Waals surface area contributed by atoms with Crippen LogP contribution in [0, 0.1) is 11.3 Å². The molecule has 0 fully saturated rings. The maximum Gasteiger partial charge on any atom is 0.0995 e. The third-order valence-electron chi connectivity index (χ3n) is 8.83. The molecule has 0 bridgehead atoms. The van der Waals surface area contributed by atoms with Crippen LogP contribution in [0.3, 0.4) is 0 Å². The minimum atomic E-state index is 0.301. The number of allylic oxidation sites excluding steroid dienone is 5. The highest BCUT2D eigenvalue weighted by molar-refractivity contribution is 7.20. The van der Waals surface area contributed by atoms with Crippen molar-refractivity contribution in [2.24, 2.45) is 0 Å². The second-order valence-electron chi connectivity index (χ2n) is 11.1. The molecule has 0 aliphatic heterocycles. The number of benzene rings is 4. The molecule has 2 aliphatic carbocycles. The summed E-state index contributed by atoms with van der Waals surface area (Å²) in [4.78, 5) is 1.42. The van der Waals surface area contributed by atoms with Crippen LogP contribution in [0.2, 0.25) is 0 Å². The van der Waals surface area contributed by atoms with E-state index in [0.717, 1.165) is 30.4 Å². The largest absolute Gasteiger partial charge is 0.336 e. The molecule has 2 aromatic heterocycles. The lowest BCUT2D eigenvalue weighted by molar-refractivity contribution is 0.848. The highest BCUT2D eigenvalue weighted by Gasteiger charge is 2.23. The van der Waals surface area contributed by atoms with E-state index in [9.17, 15) is 5.26 Å². The Labute approximate surface area is 243 Å². The summed E-state index contributed by atoms with van der Waals surface area (Å²) >= 11 is 1.94. The van der Waals surface area contributed by atoms with Gasteiger partial charge in [0.15, 0.2) is 0 Å². The molecule has 2 nitrogen and oxygen atoms in total. The normalized spacial score (nSPS) is 16.3. The highest BCUT2D eigenvalue weighted by atomic mass is 32.1. The third-order valence-corrected chi connectivity index (χ3v) is 10.1. The molecule has 1 atom stereocenters. The minimum absolute atomic E-state index is 0.301. The summed E-state index contributed by atoms with van der Waals surface area (Å²) in [6, 6.07) is 32.8. The molecule has 0 amide bonds. The summed E-state index contributed by atoms with van der Waals surface area (Å²) in [6.45, 7) is 0.651. The van der Waals surface area contributed by atoms with E-state index in [0.29, 0.717) is 12.5 Å². The zero-order valence-corrected chi connectivity index (χ0v) is 23.5. The molecule has 0 spiro atoms. The lowest BCUT2D eigenvalue weighted by atomic mass is 9.83. The number of para-hydroxylation sites is 2. The summed E-state index contributed by atoms with van der Waals surface area (Å²) in [7, 11) is 0. The Morgan fingerprint density at radius 2 is 1.61 bits per heavy atom. The summed E-state index contributed by atoms with van der Waals surface area (Å²) in [6.07, 6.45) is 14.6. The Morgan fingerprint density at radius 3 is 2.41 bits per heavy atom. The molecule has 41 heavy (non-hydrogen) atoms. The van der Waals surface area contributed by atoms with Gasteiger partial charge in [0.2, 0.25) is 0 Å². The molecule has 4 aromatic carbocycles. The van der Waals surface area contributed by atoms with Crippen LogP contribution in [0.4, 0.5) is 0 Å². The van der Waals surface area contributed by atoms with Gasteiger partial charge in [-0.3, -0.25) is 0 Å². The number of fused-ring (bicyclic) bond motifs is 6. The molecule has 0 saturated heterocycles. The van der Waals surface area contributed by atoms with Gasteiger partial charge in [-0.25, -0.2) is 0 Å². The van der Waals surface area contributed by atoms with Crippen molar-refractivity contribution in [3.8, 4) is 6.07 Å². The Bertz CT molecular complexity index is 2070. The quantitative estimate of drug-likeness (QED) is 0.217. The SMILES string of the molecule is N#Cc1cccc(C2=CC=CC(c3cccc4c5c(sc34)C=CCC5)C2)c1Cn1c2ccccc2c2ccccc21. The van der Waals surface area contributed by atoms with Gasteiger partial charge < -0.3 is 4.57 Å². The average molecular weight is 545 g/mol. The van der Waals surface area contributed by atoms with E-state index in [2.05, 4.69) is 114 Å². The van der Waals surface area contributed by atoms with E-state index in [-0.39, 0.29) is 0 Å². The first kappa shape index (κ1) is 24.2. The van der Waals surface area contributed by atoms with Crippen molar-refractivity contribution in [3.63, 3.8) is 0 Å². The molecular formula is C38H28N2S. The second kappa shape index (κ2) is 9.77. The van der Waals surface area contributed by atoms with Crippen molar-refractivity contribution in [2.75, 3.05) is 0 Å². The standard InChI is InChI=1S/C38H28N2S/c39-23-27-12-8-16-28(34(27)24-40-35-19-4-1-13-30(35)31-14-2-5-20-36(31)40)25-10-7-11-26(22-25)29-17-9-18-33-32-15-3-6-21-37(32)41-38(29)33/h1-2,4-14,16-21,26H,3,15,22,24H2. The number of hydrogen-bond donors (Lipinski definition) is 0. The van der Waals surface area contributed by atoms with Gasteiger partial charge in [0.1, 0.15) is 0 Å². The molecule has 1 unspecified atom stereocenters. The van der Waals surface area contributed by atoms with Crippen LogP contribution in [0.25, 0.3) is 43.5 Å². The number of rotatable bonds is 4. The topological polar surface area (TPSA) is 28.7 Å². The van der Waals surface area contributed by atoms with Gasteiger partial charge in [-0.15, -0.1) is 11.3 Å². The summed E-state index contributed by atoms with van der Waals surface area (Å²) in [5.74, 6) is 0.301. The van der Waals surface area contributed by atoms with Gasteiger partial charge in [-0.05, 0) is 76.8 Å². The maximum absolute atomic E-state index is 10.2. The fraction of sp³-hybridized carbons (Fsp3) is 0.132. The minimum Gasteiger partial charge on any atom is -0.336 e. The van der Waals surface area contributed by atoms with Gasteiger partial charge in [0.05, 0.1) is 18.2 Å². The Balaban J connectivity index is 1.22. The molecular weight excluding hydrogens is 516 g/mol. The van der Waals surface area contributed by atoms with Gasteiger partial charge in [0, 0.05) is 37.3 Å². The van der Waals surface area contributed by atoms with Crippen molar-refractivity contribution in [2.45, 2.75) is 31.7 Å². The van der Waals surface area contributed by atoms with Crippen molar-refractivity contribution in [1.82, 2.24) is 4.57 Å². The lowest BCUT2D eigenvalue weighted by Crippen LogP contribution is -2.08. The van der Waals surface area contributed by atoms with Crippen LogP contribution in [-0.4, -0.2) is 4.57 Å². The van der Waals surface area contributed by atoms with Crippen LogP contribution in [0.5, 0.6) is 0 Å². The lowest BCUT2D eigenvalue weighted by Gasteiger charge is -2.23. The molecule has 0 saturated carbocycles. The Morgan fingerprint density at radius 1 is 0.854 bits per heavy atom. The van der Waals surface area contributed by atoms with E-state index in [1.54, 1.807) is 0 Å². The third kappa shape index (κ3) is 3.90. The molecule has 0 radical (unpaired) electrons. The van der Waals surface area contributed by atoms with E-state index < -0.39 is 0 Å². The van der Waals surface area contributed by atoms with Crippen LogP contribution >= 0.6 is 11.3 Å². The highest BCUT2D eigenvalue weighted by Crippen LogP contribution is 2.43. The van der Waals surface area contributed by atoms with Crippen LogP contribution in [0.15, 0.2) is 109 Å². The van der Waals surface area contributed by atoms with Gasteiger partial charge >= 0.3 is 0 Å². The van der Waals surface area contributed by atoms with Crippen LogP contribution < -0.4 is 0 Å². The van der Waals surface area contributed by atoms with Crippen molar-refractivity contribution < 1.29 is 0 Å². The predicted octanol–water partition coefficient (Wildman–Crippen LogP) is 10.0. The number of thiophene rings is 1. The molecule has 0 N–H and O–H groups in total. The van der Waals surface area contributed by atoms with E-state index in [4.69, 9.17) is 0 Å². The number of nitrogens with zero attached hydrogens (tertiary/aromatic N) is 2. The monoisotopic (exact) mass is 544 g/mol. The average Bonchev–Trinajstić information content (AvgIpc) is 3.57.